The molecule has 0 unspecified atom stereocenters. The summed E-state index contributed by atoms with van der Waals surface area (Å²) in [7, 11) is 0. The molecule has 4 N–H and O–H groups in total. The van der Waals surface area contributed by atoms with Crippen LogP contribution in [0.3, 0.4) is 0 Å². The van der Waals surface area contributed by atoms with Crippen molar-refractivity contribution in [1.29, 1.82) is 0 Å². The molecule has 0 bridgehead atoms. The smallest absolute Gasteiger partial charge is 0.0509 e. The lowest BCUT2D eigenvalue weighted by atomic mass is 9.82. The second-order valence-electron chi connectivity index (χ2n) is 6.15. The average molecular weight is 292 g/mol. The average Bonchev–Trinajstić information content (AvgIpc) is 2.50. The van der Waals surface area contributed by atoms with Crippen LogP contribution in [0, 0.1) is 10.8 Å². The summed E-state index contributed by atoms with van der Waals surface area (Å²) in [6.07, 6.45) is 5.92. The highest BCUT2D eigenvalue weighted by molar-refractivity contribution is 4.75. The summed E-state index contributed by atoms with van der Waals surface area (Å²) in [4.78, 5) is 0. The predicted octanol–water partition coefficient (Wildman–Crippen LogP) is 2.34. The van der Waals surface area contributed by atoms with E-state index in [2.05, 4.69) is 6.92 Å². The van der Waals surface area contributed by atoms with Gasteiger partial charge in [-0.2, -0.15) is 0 Å². The molecule has 0 aliphatic carbocycles. The van der Waals surface area contributed by atoms with Gasteiger partial charge in [0.05, 0.1) is 26.4 Å². The molecule has 124 valence electrons. The van der Waals surface area contributed by atoms with Crippen molar-refractivity contribution >= 4 is 0 Å². The number of hydrogen-bond donors (Lipinski definition) is 4. The first-order chi connectivity index (χ1) is 9.42. The summed E-state index contributed by atoms with van der Waals surface area (Å²) in [5, 5.41) is 35.6. The normalized spacial score (nSPS) is 12.0. The van der Waals surface area contributed by atoms with Crippen LogP contribution >= 0.6 is 0 Å². The Hall–Kier alpha value is -0.160. The van der Waals surface area contributed by atoms with E-state index in [9.17, 15) is 0 Å². The third kappa shape index (κ3) is 8.90. The Labute approximate surface area is 124 Å². The second-order valence-corrected chi connectivity index (χ2v) is 6.15. The fourth-order valence-electron chi connectivity index (χ4n) is 1.97. The van der Waals surface area contributed by atoms with Gasteiger partial charge < -0.3 is 20.4 Å². The van der Waals surface area contributed by atoms with Crippen LogP contribution in [0.1, 0.15) is 66.2 Å². The van der Waals surface area contributed by atoms with Gasteiger partial charge in [0.1, 0.15) is 0 Å². The van der Waals surface area contributed by atoms with Gasteiger partial charge in [0.2, 0.25) is 0 Å². The van der Waals surface area contributed by atoms with Gasteiger partial charge in [-0.3, -0.25) is 0 Å². The molecule has 0 aromatic carbocycles. The molecule has 0 aliphatic rings. The first-order valence-corrected chi connectivity index (χ1v) is 7.86. The van der Waals surface area contributed by atoms with Crippen LogP contribution in [0.2, 0.25) is 0 Å². The molecular weight excluding hydrogens is 256 g/mol. The molecule has 0 heterocycles. The Balaban J connectivity index is 0. The lowest BCUT2D eigenvalue weighted by Crippen LogP contribution is -2.28. The lowest BCUT2D eigenvalue weighted by Gasteiger charge is -2.27. The molecule has 0 spiro atoms. The highest BCUT2D eigenvalue weighted by Gasteiger charge is 2.25. The number of hydrogen-bond acceptors (Lipinski definition) is 4. The van der Waals surface area contributed by atoms with E-state index in [0.717, 1.165) is 38.5 Å². The first kappa shape index (κ1) is 22.1. The molecule has 4 nitrogen and oxygen atoms in total. The van der Waals surface area contributed by atoms with Gasteiger partial charge in [-0.25, -0.2) is 0 Å². The number of unbranched alkanes of at least 4 members (excludes halogenated alkanes) is 1. The molecule has 0 aromatic heterocycles. The minimum absolute atomic E-state index is 0.0807. The van der Waals surface area contributed by atoms with Crippen LogP contribution in [-0.4, -0.2) is 46.9 Å². The molecule has 0 saturated carbocycles. The maximum atomic E-state index is 9.04. The fourth-order valence-corrected chi connectivity index (χ4v) is 1.97. The Morgan fingerprint density at radius 3 is 1.40 bits per heavy atom. The van der Waals surface area contributed by atoms with Crippen LogP contribution in [0.15, 0.2) is 0 Å². The Bertz CT molecular complexity index is 190. The van der Waals surface area contributed by atoms with Crippen molar-refractivity contribution in [3.05, 3.63) is 0 Å². The van der Waals surface area contributed by atoms with Crippen molar-refractivity contribution in [2.75, 3.05) is 26.4 Å². The van der Waals surface area contributed by atoms with Crippen LogP contribution in [-0.2, 0) is 0 Å². The summed E-state index contributed by atoms with van der Waals surface area (Å²) in [6.45, 7) is 8.45. The Morgan fingerprint density at radius 2 is 1.20 bits per heavy atom. The summed E-state index contributed by atoms with van der Waals surface area (Å²) in [5.74, 6) is 0. The van der Waals surface area contributed by atoms with E-state index in [0.29, 0.717) is 0 Å². The van der Waals surface area contributed by atoms with Gasteiger partial charge in [0.15, 0.2) is 0 Å². The van der Waals surface area contributed by atoms with Gasteiger partial charge >= 0.3 is 0 Å². The van der Waals surface area contributed by atoms with Gasteiger partial charge in [-0.05, 0) is 19.3 Å². The zero-order chi connectivity index (χ0) is 16.1. The molecule has 0 aromatic rings. The molecule has 0 radical (unpaired) electrons. The third-order valence-corrected chi connectivity index (χ3v) is 4.10. The largest absolute Gasteiger partial charge is 0.396 e. The summed E-state index contributed by atoms with van der Waals surface area (Å²) >= 11 is 0. The fraction of sp³-hybridized carbons (Fsp3) is 1.00. The second kappa shape index (κ2) is 12.6. The van der Waals surface area contributed by atoms with Crippen LogP contribution in [0.25, 0.3) is 0 Å². The van der Waals surface area contributed by atoms with Crippen molar-refractivity contribution in [2.45, 2.75) is 66.2 Å². The van der Waals surface area contributed by atoms with Crippen molar-refractivity contribution < 1.29 is 20.4 Å². The number of rotatable bonds is 10. The van der Waals surface area contributed by atoms with Crippen LogP contribution < -0.4 is 0 Å². The first-order valence-electron chi connectivity index (χ1n) is 7.86. The maximum absolute atomic E-state index is 9.04. The monoisotopic (exact) mass is 292 g/mol. The van der Waals surface area contributed by atoms with E-state index in [1.54, 1.807) is 0 Å². The van der Waals surface area contributed by atoms with Gasteiger partial charge in [0, 0.05) is 10.8 Å². The maximum Gasteiger partial charge on any atom is 0.0509 e. The van der Waals surface area contributed by atoms with E-state index in [1.807, 2.05) is 20.8 Å². The molecule has 0 saturated heterocycles. The highest BCUT2D eigenvalue weighted by Crippen LogP contribution is 2.27. The number of aliphatic hydroxyl groups excluding tert-OH is 4. The van der Waals surface area contributed by atoms with Crippen LogP contribution in [0.4, 0.5) is 0 Å². The van der Waals surface area contributed by atoms with E-state index in [1.165, 1.54) is 0 Å². The predicted molar refractivity (Wildman–Crippen MR) is 83.6 cm³/mol. The molecule has 0 aliphatic heterocycles. The minimum atomic E-state index is -0.255. The minimum Gasteiger partial charge on any atom is -0.396 e. The number of aliphatic hydroxyl groups is 4. The summed E-state index contributed by atoms with van der Waals surface area (Å²) < 4.78 is 0. The highest BCUT2D eigenvalue weighted by atomic mass is 16.3. The van der Waals surface area contributed by atoms with Crippen molar-refractivity contribution in [2.24, 2.45) is 10.8 Å². The van der Waals surface area contributed by atoms with Gasteiger partial charge in [-0.1, -0.05) is 47.0 Å². The topological polar surface area (TPSA) is 80.9 Å². The van der Waals surface area contributed by atoms with E-state index in [4.69, 9.17) is 20.4 Å². The quantitative estimate of drug-likeness (QED) is 0.498. The molecule has 20 heavy (non-hydrogen) atoms. The van der Waals surface area contributed by atoms with E-state index >= 15 is 0 Å². The molecule has 0 amide bonds. The molecule has 0 fully saturated rings. The van der Waals surface area contributed by atoms with E-state index in [-0.39, 0.29) is 37.3 Å². The zero-order valence-electron chi connectivity index (χ0n) is 13.9. The van der Waals surface area contributed by atoms with E-state index < -0.39 is 0 Å². The van der Waals surface area contributed by atoms with Crippen LogP contribution in [0.5, 0.6) is 0 Å². The Kier molecular flexibility index (Phi) is 13.9. The zero-order valence-corrected chi connectivity index (χ0v) is 13.9. The summed E-state index contributed by atoms with van der Waals surface area (Å²) in [5.41, 5.74) is -0.468. The lowest BCUT2D eigenvalue weighted by molar-refractivity contribution is 0.0420. The van der Waals surface area contributed by atoms with Crippen molar-refractivity contribution in [3.8, 4) is 0 Å². The van der Waals surface area contributed by atoms with Crippen molar-refractivity contribution in [3.63, 3.8) is 0 Å². The SMILES string of the molecule is CCCC(C)(CO)CO.CCCCC(CC)(CO)CO. The van der Waals surface area contributed by atoms with Crippen molar-refractivity contribution in [1.82, 2.24) is 0 Å². The van der Waals surface area contributed by atoms with Gasteiger partial charge in [0.25, 0.3) is 0 Å². The third-order valence-electron chi connectivity index (χ3n) is 4.10. The summed E-state index contributed by atoms with van der Waals surface area (Å²) in [6, 6.07) is 0. The molecular formula is C16H36O4. The molecule has 0 rings (SSSR count). The molecule has 0 atom stereocenters. The standard InChI is InChI=1S/C9H20O2.C7H16O2/c1-3-5-6-9(4-2,7-10)8-11;1-3-4-7(2,5-8)6-9/h10-11H,3-8H2,1-2H3;8-9H,3-6H2,1-2H3. The van der Waals surface area contributed by atoms with Gasteiger partial charge in [-0.15, -0.1) is 0 Å². The molecule has 4 heteroatoms. The Morgan fingerprint density at radius 1 is 0.700 bits per heavy atom.